The van der Waals surface area contributed by atoms with E-state index in [1.165, 1.54) is 18.4 Å². The summed E-state index contributed by atoms with van der Waals surface area (Å²) < 4.78 is 12.4. The Kier molecular flexibility index (Phi) is 5.21. The molecule has 0 heterocycles. The third kappa shape index (κ3) is 3.89. The van der Waals surface area contributed by atoms with Crippen LogP contribution in [0.1, 0.15) is 31.2 Å². The van der Waals surface area contributed by atoms with Gasteiger partial charge in [-0.15, -0.1) is 0 Å². The molecule has 1 aromatic rings. The first-order valence-corrected chi connectivity index (χ1v) is 9.26. The van der Waals surface area contributed by atoms with Crippen molar-refractivity contribution >= 4 is 26.7 Å². The Bertz CT molecular complexity index is 442. The monoisotopic (exact) mass is 343 g/mol. The number of hydrogen-bond donors (Lipinski definition) is 0. The van der Waals surface area contributed by atoms with Gasteiger partial charge in [0.15, 0.2) is 0 Å². The summed E-state index contributed by atoms with van der Waals surface area (Å²) in [5.74, 6) is 1.47. The third-order valence-electron chi connectivity index (χ3n) is 4.20. The first-order chi connectivity index (χ1) is 8.97. The minimum atomic E-state index is -0.705. The van der Waals surface area contributed by atoms with E-state index in [9.17, 15) is 4.21 Å². The molecule has 2 rings (SSSR count). The van der Waals surface area contributed by atoms with Crippen LogP contribution in [0.5, 0.6) is 0 Å². The molecule has 1 aromatic carbocycles. The van der Waals surface area contributed by atoms with E-state index in [-0.39, 0.29) is 0 Å². The molecule has 1 aliphatic carbocycles. The van der Waals surface area contributed by atoms with Crippen molar-refractivity contribution in [3.63, 3.8) is 0 Å². The second kappa shape index (κ2) is 6.51. The topological polar surface area (TPSA) is 20.3 Å². The van der Waals surface area contributed by atoms with Crippen LogP contribution in [0.3, 0.4) is 0 Å². The van der Waals surface area contributed by atoms with Gasteiger partial charge in [-0.3, -0.25) is 9.11 Å². The van der Waals surface area contributed by atoms with Crippen LogP contribution in [0.2, 0.25) is 0 Å². The van der Waals surface area contributed by atoms with Gasteiger partial charge >= 0.3 is 0 Å². The van der Waals surface area contributed by atoms with E-state index < -0.39 is 10.8 Å². The molecule has 19 heavy (non-hydrogen) atoms. The maximum atomic E-state index is 11.3. The lowest BCUT2D eigenvalue weighted by molar-refractivity contribution is 0.109. The van der Waals surface area contributed by atoms with Crippen LogP contribution in [-0.4, -0.2) is 40.2 Å². The van der Waals surface area contributed by atoms with Gasteiger partial charge in [-0.1, -0.05) is 28.1 Å². The molecule has 0 aliphatic heterocycles. The highest BCUT2D eigenvalue weighted by Crippen LogP contribution is 2.40. The number of benzene rings is 1. The average Bonchev–Trinajstić information content (AvgIpc) is 2.28. The van der Waals surface area contributed by atoms with Crippen molar-refractivity contribution in [2.45, 2.75) is 37.8 Å². The summed E-state index contributed by atoms with van der Waals surface area (Å²) in [7, 11) is 1.46. The Balaban J connectivity index is 1.85. The van der Waals surface area contributed by atoms with Crippen molar-refractivity contribution in [3.8, 4) is 0 Å². The van der Waals surface area contributed by atoms with Gasteiger partial charge in [0.05, 0.1) is 0 Å². The normalized spacial score (nSPS) is 25.9. The fourth-order valence-electron chi connectivity index (χ4n) is 2.74. The molecule has 2 atom stereocenters. The lowest BCUT2D eigenvalue weighted by atomic mass is 9.75. The quantitative estimate of drug-likeness (QED) is 0.816. The van der Waals surface area contributed by atoms with Crippen molar-refractivity contribution < 1.29 is 4.21 Å². The van der Waals surface area contributed by atoms with Gasteiger partial charge < -0.3 is 0 Å². The first-order valence-electron chi connectivity index (χ1n) is 6.74. The zero-order chi connectivity index (χ0) is 14.0. The number of halogens is 1. The van der Waals surface area contributed by atoms with E-state index in [0.717, 1.165) is 10.2 Å². The van der Waals surface area contributed by atoms with Crippen molar-refractivity contribution in [1.82, 2.24) is 4.90 Å². The zero-order valence-electron chi connectivity index (χ0n) is 11.8. The minimum Gasteiger partial charge on any atom is -0.300 e. The molecule has 2 nitrogen and oxygen atoms in total. The molecule has 0 radical (unpaired) electrons. The predicted octanol–water partition coefficient (Wildman–Crippen LogP) is 3.39. The summed E-state index contributed by atoms with van der Waals surface area (Å²) in [4.78, 5) is 2.40. The third-order valence-corrected chi connectivity index (χ3v) is 5.68. The minimum absolute atomic E-state index is 0.404. The van der Waals surface area contributed by atoms with Crippen molar-refractivity contribution in [2.24, 2.45) is 0 Å². The first kappa shape index (κ1) is 15.2. The SMILES string of the molecule is C[C@H](C[S@@](C)=O)N(C)C1CC(c2ccc(Br)cc2)C1. The van der Waals surface area contributed by atoms with Gasteiger partial charge in [-0.25, -0.2) is 0 Å². The van der Waals surface area contributed by atoms with Crippen LogP contribution in [0, 0.1) is 0 Å². The molecule has 1 aliphatic rings. The summed E-state index contributed by atoms with van der Waals surface area (Å²) in [6, 6.07) is 9.73. The largest absolute Gasteiger partial charge is 0.300 e. The van der Waals surface area contributed by atoms with Crippen molar-refractivity contribution in [3.05, 3.63) is 34.3 Å². The van der Waals surface area contributed by atoms with E-state index in [4.69, 9.17) is 0 Å². The maximum absolute atomic E-state index is 11.3. The van der Waals surface area contributed by atoms with Gasteiger partial charge in [0.1, 0.15) is 0 Å². The van der Waals surface area contributed by atoms with Gasteiger partial charge in [-0.05, 0) is 50.4 Å². The molecule has 106 valence electrons. The molecular formula is C15H22BrNOS. The summed E-state index contributed by atoms with van der Waals surface area (Å²) in [5, 5.41) is 0. The Hall–Kier alpha value is -0.190. The van der Waals surface area contributed by atoms with Crippen molar-refractivity contribution in [2.75, 3.05) is 19.1 Å². The van der Waals surface area contributed by atoms with E-state index >= 15 is 0 Å². The summed E-state index contributed by atoms with van der Waals surface area (Å²) in [5.41, 5.74) is 1.44. The van der Waals surface area contributed by atoms with Gasteiger partial charge in [-0.2, -0.15) is 0 Å². The van der Waals surface area contributed by atoms with Gasteiger partial charge in [0, 0.05) is 39.4 Å². The van der Waals surface area contributed by atoms with Crippen LogP contribution in [-0.2, 0) is 10.8 Å². The molecule has 0 amide bonds. The molecule has 0 bridgehead atoms. The Morgan fingerprint density at radius 3 is 2.47 bits per heavy atom. The summed E-state index contributed by atoms with van der Waals surface area (Å²) >= 11 is 3.47. The Labute approximate surface area is 127 Å². The van der Waals surface area contributed by atoms with Gasteiger partial charge in [0.2, 0.25) is 0 Å². The van der Waals surface area contributed by atoms with E-state index in [0.29, 0.717) is 18.0 Å². The summed E-state index contributed by atoms with van der Waals surface area (Å²) in [6.45, 7) is 2.17. The molecule has 0 aromatic heterocycles. The molecular weight excluding hydrogens is 322 g/mol. The number of rotatable bonds is 5. The standard InChI is InChI=1S/C15H22BrNOS/c1-11(10-19(3)18)17(2)15-8-13(9-15)12-4-6-14(16)7-5-12/h4-7,11,13,15H,8-10H2,1-3H3/t11-,13?,15?,19-/m1/s1. The van der Waals surface area contributed by atoms with Crippen molar-refractivity contribution in [1.29, 1.82) is 0 Å². The van der Waals surface area contributed by atoms with Crippen LogP contribution >= 0.6 is 15.9 Å². The number of nitrogens with zero attached hydrogens (tertiary/aromatic N) is 1. The van der Waals surface area contributed by atoms with E-state index in [1.54, 1.807) is 6.26 Å². The van der Waals surface area contributed by atoms with Crippen LogP contribution in [0.4, 0.5) is 0 Å². The fourth-order valence-corrected chi connectivity index (χ4v) is 3.92. The smallest absolute Gasteiger partial charge is 0.0385 e. The summed E-state index contributed by atoms with van der Waals surface area (Å²) in [6.07, 6.45) is 4.23. The Morgan fingerprint density at radius 1 is 1.37 bits per heavy atom. The molecule has 1 saturated carbocycles. The molecule has 1 fully saturated rings. The molecule has 0 N–H and O–H groups in total. The molecule has 4 heteroatoms. The highest BCUT2D eigenvalue weighted by atomic mass is 79.9. The molecule has 0 saturated heterocycles. The average molecular weight is 344 g/mol. The maximum Gasteiger partial charge on any atom is 0.0385 e. The highest BCUT2D eigenvalue weighted by molar-refractivity contribution is 9.10. The lowest BCUT2D eigenvalue weighted by Gasteiger charge is -2.44. The van der Waals surface area contributed by atoms with Crippen LogP contribution in [0.25, 0.3) is 0 Å². The lowest BCUT2D eigenvalue weighted by Crippen LogP contribution is -2.47. The van der Waals surface area contributed by atoms with E-state index in [2.05, 4.69) is 59.1 Å². The molecule has 0 unspecified atom stereocenters. The van der Waals surface area contributed by atoms with Crippen LogP contribution < -0.4 is 0 Å². The van der Waals surface area contributed by atoms with Crippen LogP contribution in [0.15, 0.2) is 28.7 Å². The fraction of sp³-hybridized carbons (Fsp3) is 0.600. The second-order valence-electron chi connectivity index (χ2n) is 5.63. The predicted molar refractivity (Wildman–Crippen MR) is 86.1 cm³/mol. The van der Waals surface area contributed by atoms with E-state index in [1.807, 2.05) is 0 Å². The van der Waals surface area contributed by atoms with Gasteiger partial charge in [0.25, 0.3) is 0 Å². The molecule has 0 spiro atoms. The zero-order valence-corrected chi connectivity index (χ0v) is 14.2. The second-order valence-corrected chi connectivity index (χ2v) is 8.02. The number of hydrogen-bond acceptors (Lipinski definition) is 2. The highest BCUT2D eigenvalue weighted by Gasteiger charge is 2.34. The Morgan fingerprint density at radius 2 is 1.95 bits per heavy atom.